The predicted octanol–water partition coefficient (Wildman–Crippen LogP) is 2.84. The van der Waals surface area contributed by atoms with Crippen molar-refractivity contribution in [2.75, 3.05) is 6.54 Å². The lowest BCUT2D eigenvalue weighted by molar-refractivity contribution is -0.137. The van der Waals surface area contributed by atoms with Crippen LogP contribution in [0.5, 0.6) is 0 Å². The average molecular weight is 369 g/mol. The van der Waals surface area contributed by atoms with Gasteiger partial charge >= 0.3 is 6.18 Å². The van der Waals surface area contributed by atoms with Crippen LogP contribution in [0.25, 0.3) is 10.6 Å². The van der Waals surface area contributed by atoms with Crippen molar-refractivity contribution in [1.29, 1.82) is 0 Å². The standard InChI is InChI=1S/C16H14F3N3O2S/c17-16(18,19)10-5-3-9(4-6-10)15-22-12(8-25-15)14(24)21-11-2-1-7-20-13(11)23/h3-6,8,11H,1-2,7H2,(H,20,23)(H,21,24)/t11-/m1/s1. The molecule has 3 rings (SSSR count). The average Bonchev–Trinajstić information content (AvgIpc) is 3.06. The summed E-state index contributed by atoms with van der Waals surface area (Å²) in [4.78, 5) is 28.0. The first-order valence-electron chi connectivity index (χ1n) is 7.56. The Bertz CT molecular complexity index is 787. The van der Waals surface area contributed by atoms with E-state index >= 15 is 0 Å². The van der Waals surface area contributed by atoms with Gasteiger partial charge in [0.25, 0.3) is 5.91 Å². The highest BCUT2D eigenvalue weighted by Gasteiger charge is 2.30. The summed E-state index contributed by atoms with van der Waals surface area (Å²) in [7, 11) is 0. The van der Waals surface area contributed by atoms with Crippen molar-refractivity contribution < 1.29 is 22.8 Å². The number of benzene rings is 1. The summed E-state index contributed by atoms with van der Waals surface area (Å²) in [5.74, 6) is -0.700. The van der Waals surface area contributed by atoms with Crippen LogP contribution in [0.3, 0.4) is 0 Å². The SMILES string of the molecule is O=C(N[C@@H]1CCCNC1=O)c1csc(-c2ccc(C(F)(F)F)cc2)n1. The van der Waals surface area contributed by atoms with Crippen molar-refractivity contribution in [3.05, 3.63) is 40.9 Å². The van der Waals surface area contributed by atoms with Gasteiger partial charge in [0, 0.05) is 17.5 Å². The van der Waals surface area contributed by atoms with Gasteiger partial charge in [0.05, 0.1) is 5.56 Å². The number of hydrogen-bond acceptors (Lipinski definition) is 4. The molecule has 2 amide bonds. The number of hydrogen-bond donors (Lipinski definition) is 2. The van der Waals surface area contributed by atoms with Crippen molar-refractivity contribution in [3.63, 3.8) is 0 Å². The maximum atomic E-state index is 12.6. The summed E-state index contributed by atoms with van der Waals surface area (Å²) >= 11 is 1.15. The molecule has 1 aliphatic heterocycles. The highest BCUT2D eigenvalue weighted by Crippen LogP contribution is 2.31. The van der Waals surface area contributed by atoms with Crippen molar-refractivity contribution in [2.45, 2.75) is 25.1 Å². The number of aromatic nitrogens is 1. The van der Waals surface area contributed by atoms with Gasteiger partial charge < -0.3 is 10.6 Å². The van der Waals surface area contributed by atoms with Gasteiger partial charge in [-0.25, -0.2) is 4.98 Å². The summed E-state index contributed by atoms with van der Waals surface area (Å²) in [6, 6.07) is 4.00. The second kappa shape index (κ2) is 6.83. The van der Waals surface area contributed by atoms with E-state index in [4.69, 9.17) is 0 Å². The second-order valence-electron chi connectivity index (χ2n) is 5.57. The number of piperidine rings is 1. The van der Waals surface area contributed by atoms with Gasteiger partial charge in [-0.3, -0.25) is 9.59 Å². The lowest BCUT2D eigenvalue weighted by atomic mass is 10.1. The first-order chi connectivity index (χ1) is 11.8. The lowest BCUT2D eigenvalue weighted by Crippen LogP contribution is -2.50. The number of amides is 2. The van der Waals surface area contributed by atoms with E-state index < -0.39 is 23.7 Å². The molecule has 1 atom stereocenters. The molecule has 1 aromatic carbocycles. The van der Waals surface area contributed by atoms with Gasteiger partial charge in [-0.05, 0) is 25.0 Å². The lowest BCUT2D eigenvalue weighted by Gasteiger charge is -2.22. The van der Waals surface area contributed by atoms with Crippen molar-refractivity contribution >= 4 is 23.2 Å². The van der Waals surface area contributed by atoms with Crippen molar-refractivity contribution in [3.8, 4) is 10.6 Å². The minimum atomic E-state index is -4.40. The molecule has 0 unspecified atom stereocenters. The Balaban J connectivity index is 1.71. The van der Waals surface area contributed by atoms with E-state index in [1.807, 2.05) is 0 Å². The first kappa shape index (κ1) is 17.4. The van der Waals surface area contributed by atoms with Gasteiger partial charge in [0.2, 0.25) is 5.91 Å². The van der Waals surface area contributed by atoms with Crippen molar-refractivity contribution in [1.82, 2.24) is 15.6 Å². The van der Waals surface area contributed by atoms with E-state index in [0.29, 0.717) is 23.5 Å². The molecule has 1 saturated heterocycles. The summed E-state index contributed by atoms with van der Waals surface area (Å²) < 4.78 is 37.8. The third kappa shape index (κ3) is 3.98. The minimum absolute atomic E-state index is 0.137. The van der Waals surface area contributed by atoms with Crippen LogP contribution in [0.4, 0.5) is 13.2 Å². The highest BCUT2D eigenvalue weighted by molar-refractivity contribution is 7.13. The van der Waals surface area contributed by atoms with E-state index in [-0.39, 0.29) is 11.6 Å². The van der Waals surface area contributed by atoms with Crippen LogP contribution >= 0.6 is 11.3 Å². The van der Waals surface area contributed by atoms with Crippen molar-refractivity contribution in [2.24, 2.45) is 0 Å². The van der Waals surface area contributed by atoms with E-state index in [2.05, 4.69) is 15.6 Å². The van der Waals surface area contributed by atoms with Crippen LogP contribution in [0.15, 0.2) is 29.6 Å². The normalized spacial score (nSPS) is 17.9. The molecular weight excluding hydrogens is 355 g/mol. The molecule has 0 bridgehead atoms. The molecular formula is C16H14F3N3O2S. The molecule has 2 N–H and O–H groups in total. The molecule has 2 heterocycles. The molecule has 1 aliphatic rings. The molecule has 9 heteroatoms. The Morgan fingerprint density at radius 1 is 1.28 bits per heavy atom. The van der Waals surface area contributed by atoms with Crippen LogP contribution < -0.4 is 10.6 Å². The smallest absolute Gasteiger partial charge is 0.354 e. The Labute approximate surface area is 145 Å². The van der Waals surface area contributed by atoms with Gasteiger partial charge in [-0.1, -0.05) is 12.1 Å². The number of thiazole rings is 1. The number of halogens is 3. The zero-order valence-corrected chi connectivity index (χ0v) is 13.7. The van der Waals surface area contributed by atoms with E-state index in [0.717, 1.165) is 29.9 Å². The number of nitrogens with zero attached hydrogens (tertiary/aromatic N) is 1. The quantitative estimate of drug-likeness (QED) is 0.874. The third-order valence-corrected chi connectivity index (χ3v) is 4.68. The van der Waals surface area contributed by atoms with E-state index in [9.17, 15) is 22.8 Å². The summed E-state index contributed by atoms with van der Waals surface area (Å²) in [5, 5.41) is 7.25. The molecule has 0 spiro atoms. The van der Waals surface area contributed by atoms with Crippen LogP contribution in [0, 0.1) is 0 Å². The topological polar surface area (TPSA) is 71.1 Å². The Morgan fingerprint density at radius 3 is 2.64 bits per heavy atom. The number of rotatable bonds is 3. The minimum Gasteiger partial charge on any atom is -0.354 e. The van der Waals surface area contributed by atoms with Gasteiger partial charge in [0.1, 0.15) is 16.7 Å². The molecule has 2 aromatic rings. The maximum Gasteiger partial charge on any atom is 0.416 e. The van der Waals surface area contributed by atoms with Gasteiger partial charge in [-0.15, -0.1) is 11.3 Å². The molecule has 5 nitrogen and oxygen atoms in total. The number of carbonyl (C=O) groups excluding carboxylic acids is 2. The second-order valence-corrected chi connectivity index (χ2v) is 6.43. The molecule has 0 radical (unpaired) electrons. The molecule has 1 fully saturated rings. The maximum absolute atomic E-state index is 12.6. The van der Waals surface area contributed by atoms with Gasteiger partial charge in [0.15, 0.2) is 0 Å². The third-order valence-electron chi connectivity index (χ3n) is 3.79. The largest absolute Gasteiger partial charge is 0.416 e. The molecule has 1 aromatic heterocycles. The summed E-state index contributed by atoms with van der Waals surface area (Å²) in [6.45, 7) is 0.597. The number of carbonyl (C=O) groups is 2. The molecule has 0 aliphatic carbocycles. The Hall–Kier alpha value is -2.42. The van der Waals surface area contributed by atoms with Crippen LogP contribution in [-0.4, -0.2) is 29.4 Å². The number of alkyl halides is 3. The van der Waals surface area contributed by atoms with Crippen LogP contribution in [-0.2, 0) is 11.0 Å². The summed E-state index contributed by atoms with van der Waals surface area (Å²) in [6.07, 6.45) is -3.05. The molecule has 25 heavy (non-hydrogen) atoms. The predicted molar refractivity (Wildman–Crippen MR) is 86.0 cm³/mol. The fraction of sp³-hybridized carbons (Fsp3) is 0.312. The zero-order chi connectivity index (χ0) is 18.0. The molecule has 132 valence electrons. The monoisotopic (exact) mass is 369 g/mol. The number of nitrogens with one attached hydrogen (secondary N) is 2. The Morgan fingerprint density at radius 2 is 2.00 bits per heavy atom. The Kier molecular flexibility index (Phi) is 4.76. The first-order valence-corrected chi connectivity index (χ1v) is 8.44. The zero-order valence-electron chi connectivity index (χ0n) is 12.9. The highest BCUT2D eigenvalue weighted by atomic mass is 32.1. The van der Waals surface area contributed by atoms with Gasteiger partial charge in [-0.2, -0.15) is 13.2 Å². The van der Waals surface area contributed by atoms with Crippen LogP contribution in [0.2, 0.25) is 0 Å². The summed E-state index contributed by atoms with van der Waals surface area (Å²) in [5.41, 5.74) is -0.111. The van der Waals surface area contributed by atoms with E-state index in [1.165, 1.54) is 17.5 Å². The fourth-order valence-corrected chi connectivity index (χ4v) is 3.26. The van der Waals surface area contributed by atoms with E-state index in [1.54, 1.807) is 0 Å². The fourth-order valence-electron chi connectivity index (χ4n) is 2.45. The van der Waals surface area contributed by atoms with Crippen LogP contribution in [0.1, 0.15) is 28.9 Å². The molecule has 0 saturated carbocycles.